The van der Waals surface area contributed by atoms with Gasteiger partial charge in [0, 0.05) is 60.3 Å². The Morgan fingerprint density at radius 3 is 2.34 bits per heavy atom. The molecule has 0 spiro atoms. The molecule has 6 aromatic rings. The molecule has 1 aliphatic carbocycles. The minimum atomic E-state index is -1.04. The molecule has 4 amide bonds. The Bertz CT molecular complexity index is 2830. The van der Waals surface area contributed by atoms with Crippen molar-refractivity contribution in [1.29, 1.82) is 0 Å². The fourth-order valence-corrected chi connectivity index (χ4v) is 7.55. The summed E-state index contributed by atoms with van der Waals surface area (Å²) in [4.78, 5) is 77.3. The number of carbonyl (C=O) groups is 5. The average Bonchev–Trinajstić information content (AvgIpc) is 3.68. The van der Waals surface area contributed by atoms with Gasteiger partial charge in [0.2, 0.25) is 17.7 Å². The molecule has 1 saturated carbocycles. The monoisotopic (exact) mass is 818 g/mol. The summed E-state index contributed by atoms with van der Waals surface area (Å²) < 4.78 is 25.3. The highest BCUT2D eigenvalue weighted by Crippen LogP contribution is 2.35. The Kier molecular flexibility index (Phi) is 9.90. The molecule has 61 heavy (non-hydrogen) atoms. The van der Waals surface area contributed by atoms with Crippen molar-refractivity contribution in [3.05, 3.63) is 108 Å². The van der Waals surface area contributed by atoms with Gasteiger partial charge in [-0.2, -0.15) is 0 Å². The van der Waals surface area contributed by atoms with Crippen LogP contribution in [-0.4, -0.2) is 84.6 Å². The van der Waals surface area contributed by atoms with Gasteiger partial charge < -0.3 is 18.9 Å². The van der Waals surface area contributed by atoms with E-state index in [-0.39, 0.29) is 42.8 Å². The van der Waals surface area contributed by atoms with E-state index < -0.39 is 41.4 Å². The number of hydrogen-bond donors (Lipinski definition) is 1. The highest BCUT2D eigenvalue weighted by Gasteiger charge is 2.44. The fraction of sp³-hybridized carbons (Fsp3) is 0.261. The summed E-state index contributed by atoms with van der Waals surface area (Å²) in [6, 6.07) is 18.5. The third kappa shape index (κ3) is 7.83. The van der Waals surface area contributed by atoms with E-state index in [2.05, 4.69) is 32.1 Å². The van der Waals surface area contributed by atoms with Crippen molar-refractivity contribution in [2.45, 2.75) is 70.3 Å². The van der Waals surface area contributed by atoms with Crippen molar-refractivity contribution in [2.75, 3.05) is 6.61 Å². The van der Waals surface area contributed by atoms with Crippen molar-refractivity contribution in [3.8, 4) is 40.3 Å². The van der Waals surface area contributed by atoms with Crippen LogP contribution in [-0.2, 0) is 14.3 Å². The predicted octanol–water partition coefficient (Wildman–Crippen LogP) is 6.25. The number of fused-ring (bicyclic) bond motifs is 4. The lowest BCUT2D eigenvalue weighted by Crippen LogP contribution is -2.54. The number of piperidine rings is 1. The van der Waals surface area contributed by atoms with Crippen LogP contribution in [0.15, 0.2) is 91.5 Å². The van der Waals surface area contributed by atoms with Gasteiger partial charge in [0.25, 0.3) is 11.8 Å². The maximum atomic E-state index is 13.3. The van der Waals surface area contributed by atoms with Crippen molar-refractivity contribution < 1.29 is 42.9 Å². The number of nitrogens with one attached hydrogen (secondary N) is 1. The second-order valence-corrected chi connectivity index (χ2v) is 15.9. The maximum absolute atomic E-state index is 13.3. The third-order valence-electron chi connectivity index (χ3n) is 10.5. The van der Waals surface area contributed by atoms with Gasteiger partial charge in [-0.25, -0.2) is 19.3 Å². The molecule has 9 rings (SSSR count). The van der Waals surface area contributed by atoms with Gasteiger partial charge >= 0.3 is 6.09 Å². The van der Waals surface area contributed by atoms with Gasteiger partial charge in [-0.3, -0.25) is 34.4 Å². The molecule has 0 bridgehead atoms. The van der Waals surface area contributed by atoms with E-state index in [1.807, 2.05) is 57.2 Å². The minimum absolute atomic E-state index is 0.00524. The molecule has 2 fully saturated rings. The molecule has 2 aliphatic heterocycles. The smallest absolute Gasteiger partial charge is 0.419 e. The second-order valence-electron chi connectivity index (χ2n) is 15.9. The van der Waals surface area contributed by atoms with E-state index in [1.165, 1.54) is 12.1 Å². The maximum Gasteiger partial charge on any atom is 0.419 e. The van der Waals surface area contributed by atoms with Gasteiger partial charge in [-0.15, -0.1) is 0 Å². The molecule has 1 unspecified atom stereocenters. The number of nitrogens with zero attached hydrogens (tertiary/aromatic N) is 5. The van der Waals surface area contributed by atoms with Crippen molar-refractivity contribution >= 4 is 51.5 Å². The Morgan fingerprint density at radius 1 is 0.803 bits per heavy atom. The summed E-state index contributed by atoms with van der Waals surface area (Å²) in [5.41, 5.74) is 3.35. The van der Waals surface area contributed by atoms with Crippen LogP contribution in [0.5, 0.6) is 17.4 Å². The van der Waals surface area contributed by atoms with E-state index in [1.54, 1.807) is 47.6 Å². The van der Waals surface area contributed by atoms with Gasteiger partial charge in [0.15, 0.2) is 0 Å². The number of rotatable bonds is 8. The summed E-state index contributed by atoms with van der Waals surface area (Å²) >= 11 is 0. The van der Waals surface area contributed by atoms with Gasteiger partial charge in [-0.05, 0) is 87.2 Å². The lowest BCUT2D eigenvalue weighted by Gasteiger charge is -2.34. The number of carbonyl (C=O) groups excluding carboxylic acids is 5. The van der Waals surface area contributed by atoms with Crippen LogP contribution in [0.1, 0.15) is 72.9 Å². The number of pyridine rings is 3. The molecule has 2 aromatic carbocycles. The molecule has 1 N–H and O–H groups in total. The lowest BCUT2D eigenvalue weighted by atomic mass is 9.92. The Hall–Kier alpha value is -7.60. The fourth-order valence-electron chi connectivity index (χ4n) is 7.55. The zero-order valence-corrected chi connectivity index (χ0v) is 33.3. The quantitative estimate of drug-likeness (QED) is 0.135. The van der Waals surface area contributed by atoms with Crippen LogP contribution in [0.2, 0.25) is 0 Å². The molecule has 1 atom stereocenters. The molecule has 15 nitrogen and oxygen atoms in total. The predicted molar refractivity (Wildman–Crippen MR) is 220 cm³/mol. The standard InChI is InChI=1S/C46H38N6O9/c1-46(2,3)61-45(57)51-37-16-17-47-25-36(37)33-11-6-26(19-39(33)51)27-7-15-41(49-23-27)60-32-20-31(21-32)59-30-9-8-28(48-24-30)5-4-18-58-29-10-12-34-35(22-29)44(56)52(43(34)55)38-13-14-40(53)50-42(38)54/h6-12,15-17,19,22-25,31-32,38H,13-14,18,20-21H2,1-3H3,(H,50,53,54)/t31-,32-,38?. The summed E-state index contributed by atoms with van der Waals surface area (Å²) in [5.74, 6) is 4.98. The van der Waals surface area contributed by atoms with Gasteiger partial charge in [0.05, 0.1) is 28.4 Å². The average molecular weight is 819 g/mol. The third-order valence-corrected chi connectivity index (χ3v) is 10.5. The molecule has 3 aliphatic rings. The minimum Gasteiger partial charge on any atom is -0.489 e. The van der Waals surface area contributed by atoms with E-state index in [4.69, 9.17) is 18.9 Å². The summed E-state index contributed by atoms with van der Waals surface area (Å²) in [7, 11) is 0. The summed E-state index contributed by atoms with van der Waals surface area (Å²) in [5, 5.41) is 3.94. The second kappa shape index (κ2) is 15.5. The molecule has 6 heterocycles. The molecule has 15 heteroatoms. The van der Waals surface area contributed by atoms with Crippen molar-refractivity contribution in [3.63, 3.8) is 0 Å². The van der Waals surface area contributed by atoms with Gasteiger partial charge in [0.1, 0.15) is 47.7 Å². The van der Waals surface area contributed by atoms with Crippen LogP contribution < -0.4 is 19.5 Å². The summed E-state index contributed by atoms with van der Waals surface area (Å²) in [6.07, 6.45) is 7.72. The number of ether oxygens (including phenoxy) is 4. The number of amides is 4. The molecular formula is C46H38N6O9. The largest absolute Gasteiger partial charge is 0.489 e. The Labute approximate surface area is 349 Å². The first-order valence-electron chi connectivity index (χ1n) is 19.7. The van der Waals surface area contributed by atoms with E-state index in [0.29, 0.717) is 35.9 Å². The summed E-state index contributed by atoms with van der Waals surface area (Å²) in [6.45, 7) is 5.52. The zero-order valence-electron chi connectivity index (χ0n) is 33.3. The Balaban J connectivity index is 0.753. The van der Waals surface area contributed by atoms with Crippen LogP contribution in [0.25, 0.3) is 32.9 Å². The first-order chi connectivity index (χ1) is 29.4. The SMILES string of the molecule is CC(C)(C)OC(=O)n1c2ccncc2c2ccc(-c3ccc(O[C@H]4C[C@H](Oc5ccc(C#CCOc6ccc7c(c6)C(=O)N(C6CCC(=O)NC6=O)C7=O)nc5)C4)nc3)cc21. The molecular weight excluding hydrogens is 781 g/mol. The topological polar surface area (TPSA) is 181 Å². The highest BCUT2D eigenvalue weighted by atomic mass is 16.6. The number of benzene rings is 2. The van der Waals surface area contributed by atoms with Crippen LogP contribution >= 0.6 is 0 Å². The van der Waals surface area contributed by atoms with Crippen molar-refractivity contribution in [1.82, 2.24) is 29.7 Å². The molecule has 306 valence electrons. The van der Waals surface area contributed by atoms with E-state index >= 15 is 0 Å². The van der Waals surface area contributed by atoms with E-state index in [9.17, 15) is 24.0 Å². The molecule has 4 aromatic heterocycles. The first kappa shape index (κ1) is 38.9. The van der Waals surface area contributed by atoms with E-state index in [0.717, 1.165) is 37.8 Å². The normalized spacial score (nSPS) is 18.5. The highest BCUT2D eigenvalue weighted by molar-refractivity contribution is 6.23. The number of imide groups is 2. The van der Waals surface area contributed by atoms with Crippen LogP contribution in [0, 0.1) is 11.8 Å². The van der Waals surface area contributed by atoms with Crippen molar-refractivity contribution in [2.24, 2.45) is 0 Å². The van der Waals surface area contributed by atoms with Crippen LogP contribution in [0.4, 0.5) is 4.79 Å². The Morgan fingerprint density at radius 2 is 1.59 bits per heavy atom. The van der Waals surface area contributed by atoms with Crippen LogP contribution in [0.3, 0.4) is 0 Å². The number of aromatic nitrogens is 4. The molecule has 1 saturated heterocycles. The lowest BCUT2D eigenvalue weighted by molar-refractivity contribution is -0.136. The molecule has 0 radical (unpaired) electrons. The zero-order chi connectivity index (χ0) is 42.4. The first-order valence-corrected chi connectivity index (χ1v) is 19.7. The number of hydrogen-bond acceptors (Lipinski definition) is 12. The van der Waals surface area contributed by atoms with Gasteiger partial charge in [-0.1, -0.05) is 18.1 Å².